The third kappa shape index (κ3) is 2.99. The Labute approximate surface area is 119 Å². The monoisotopic (exact) mass is 273 g/mol. The number of nitrogens with two attached hydrogens (primary N) is 1. The van der Waals surface area contributed by atoms with Crippen molar-refractivity contribution < 1.29 is 9.13 Å². The van der Waals surface area contributed by atoms with Crippen LogP contribution in [-0.2, 0) is 13.2 Å². The van der Waals surface area contributed by atoms with Gasteiger partial charge >= 0.3 is 0 Å². The van der Waals surface area contributed by atoms with E-state index < -0.39 is 0 Å². The molecular weight excluding hydrogens is 253 g/mol. The summed E-state index contributed by atoms with van der Waals surface area (Å²) in [6.07, 6.45) is 0. The number of ether oxygens (including phenoxy) is 1. The standard InChI is InChI=1S/C17H20FNO/c1-11-7-12(2)13(3)16(8-11)20-10-15-6-4-5-14(9-19)17(15)18/h4-8H,9-10,19H2,1-3H3. The predicted octanol–water partition coefficient (Wildman–Crippen LogP) is 3.79. The van der Waals surface area contributed by atoms with E-state index in [-0.39, 0.29) is 19.0 Å². The normalized spacial score (nSPS) is 10.7. The first kappa shape index (κ1) is 14.5. The lowest BCUT2D eigenvalue weighted by molar-refractivity contribution is 0.297. The van der Waals surface area contributed by atoms with Crippen LogP contribution in [0.2, 0.25) is 0 Å². The van der Waals surface area contributed by atoms with E-state index in [0.29, 0.717) is 11.1 Å². The molecule has 0 aromatic heterocycles. The van der Waals surface area contributed by atoms with Gasteiger partial charge in [-0.15, -0.1) is 0 Å². The maximum Gasteiger partial charge on any atom is 0.134 e. The molecule has 2 nitrogen and oxygen atoms in total. The Kier molecular flexibility index (Phi) is 4.40. The van der Waals surface area contributed by atoms with E-state index in [2.05, 4.69) is 6.07 Å². The second-order valence-electron chi connectivity index (χ2n) is 5.09. The zero-order valence-corrected chi connectivity index (χ0v) is 12.2. The first-order valence-corrected chi connectivity index (χ1v) is 6.70. The molecule has 0 radical (unpaired) electrons. The fourth-order valence-corrected chi connectivity index (χ4v) is 2.21. The highest BCUT2D eigenvalue weighted by molar-refractivity contribution is 5.42. The van der Waals surface area contributed by atoms with E-state index in [4.69, 9.17) is 10.5 Å². The van der Waals surface area contributed by atoms with Gasteiger partial charge in [0, 0.05) is 17.7 Å². The quantitative estimate of drug-likeness (QED) is 0.920. The molecule has 0 aliphatic rings. The molecule has 0 unspecified atom stereocenters. The molecule has 2 N–H and O–H groups in total. The maximum absolute atomic E-state index is 14.1. The van der Waals surface area contributed by atoms with Gasteiger partial charge in [0.05, 0.1) is 0 Å². The Hall–Kier alpha value is -1.87. The van der Waals surface area contributed by atoms with E-state index in [0.717, 1.165) is 16.9 Å². The van der Waals surface area contributed by atoms with Crippen LogP contribution in [0.25, 0.3) is 0 Å². The number of hydrogen-bond acceptors (Lipinski definition) is 2. The lowest BCUT2D eigenvalue weighted by Crippen LogP contribution is -2.06. The van der Waals surface area contributed by atoms with Crippen molar-refractivity contribution in [1.82, 2.24) is 0 Å². The summed E-state index contributed by atoms with van der Waals surface area (Å²) in [5.74, 6) is 0.539. The molecule has 0 saturated carbocycles. The van der Waals surface area contributed by atoms with Crippen molar-refractivity contribution in [2.24, 2.45) is 5.73 Å². The lowest BCUT2D eigenvalue weighted by Gasteiger charge is -2.13. The van der Waals surface area contributed by atoms with Crippen LogP contribution in [0.15, 0.2) is 30.3 Å². The molecule has 2 aromatic rings. The largest absolute Gasteiger partial charge is 0.489 e. The third-order valence-electron chi connectivity index (χ3n) is 3.53. The van der Waals surface area contributed by atoms with Gasteiger partial charge in [-0.1, -0.05) is 24.3 Å². The van der Waals surface area contributed by atoms with Gasteiger partial charge in [-0.25, -0.2) is 4.39 Å². The topological polar surface area (TPSA) is 35.2 Å². The fraction of sp³-hybridized carbons (Fsp3) is 0.294. The number of hydrogen-bond donors (Lipinski definition) is 1. The summed E-state index contributed by atoms with van der Waals surface area (Å²) >= 11 is 0. The number of benzene rings is 2. The van der Waals surface area contributed by atoms with Crippen molar-refractivity contribution in [3.05, 3.63) is 64.0 Å². The Balaban J connectivity index is 2.21. The lowest BCUT2D eigenvalue weighted by atomic mass is 10.1. The van der Waals surface area contributed by atoms with Gasteiger partial charge in [0.2, 0.25) is 0 Å². The zero-order chi connectivity index (χ0) is 14.7. The minimum atomic E-state index is -0.267. The molecule has 0 spiro atoms. The molecular formula is C17H20FNO. The van der Waals surface area contributed by atoms with Gasteiger partial charge in [-0.05, 0) is 43.5 Å². The van der Waals surface area contributed by atoms with Gasteiger partial charge in [0.25, 0.3) is 0 Å². The molecule has 0 saturated heterocycles. The van der Waals surface area contributed by atoms with Crippen molar-refractivity contribution in [2.45, 2.75) is 33.9 Å². The van der Waals surface area contributed by atoms with Crippen LogP contribution in [0.1, 0.15) is 27.8 Å². The zero-order valence-electron chi connectivity index (χ0n) is 12.2. The molecule has 0 aliphatic heterocycles. The second-order valence-corrected chi connectivity index (χ2v) is 5.09. The maximum atomic E-state index is 14.1. The van der Waals surface area contributed by atoms with E-state index in [1.54, 1.807) is 18.2 Å². The molecule has 20 heavy (non-hydrogen) atoms. The summed E-state index contributed by atoms with van der Waals surface area (Å²) in [4.78, 5) is 0. The van der Waals surface area contributed by atoms with Crippen LogP contribution in [-0.4, -0.2) is 0 Å². The van der Waals surface area contributed by atoms with E-state index in [9.17, 15) is 4.39 Å². The molecule has 2 rings (SSSR count). The van der Waals surface area contributed by atoms with Crippen LogP contribution in [0.4, 0.5) is 4.39 Å². The molecule has 0 amide bonds. The summed E-state index contributed by atoms with van der Waals surface area (Å²) in [7, 11) is 0. The molecule has 106 valence electrons. The fourth-order valence-electron chi connectivity index (χ4n) is 2.21. The smallest absolute Gasteiger partial charge is 0.134 e. The van der Waals surface area contributed by atoms with Gasteiger partial charge in [-0.2, -0.15) is 0 Å². The highest BCUT2D eigenvalue weighted by Crippen LogP contribution is 2.24. The Bertz CT molecular complexity index is 623. The molecule has 0 atom stereocenters. The summed E-state index contributed by atoms with van der Waals surface area (Å²) in [6.45, 7) is 6.49. The Morgan fingerprint density at radius 2 is 1.80 bits per heavy atom. The molecule has 0 heterocycles. The summed E-state index contributed by atoms with van der Waals surface area (Å²) in [5, 5.41) is 0. The Morgan fingerprint density at radius 3 is 2.50 bits per heavy atom. The number of halogens is 1. The van der Waals surface area contributed by atoms with Gasteiger partial charge < -0.3 is 10.5 Å². The predicted molar refractivity (Wildman–Crippen MR) is 79.3 cm³/mol. The van der Waals surface area contributed by atoms with Gasteiger partial charge in [0.15, 0.2) is 0 Å². The first-order valence-electron chi connectivity index (χ1n) is 6.70. The minimum Gasteiger partial charge on any atom is -0.489 e. The summed E-state index contributed by atoms with van der Waals surface area (Å²) in [6, 6.07) is 9.32. The summed E-state index contributed by atoms with van der Waals surface area (Å²) in [5.41, 5.74) is 9.96. The second kappa shape index (κ2) is 6.06. The van der Waals surface area contributed by atoms with Crippen LogP contribution >= 0.6 is 0 Å². The minimum absolute atomic E-state index is 0.197. The van der Waals surface area contributed by atoms with E-state index >= 15 is 0 Å². The van der Waals surface area contributed by atoms with Crippen LogP contribution < -0.4 is 10.5 Å². The van der Waals surface area contributed by atoms with E-state index in [1.165, 1.54) is 5.56 Å². The summed E-state index contributed by atoms with van der Waals surface area (Å²) < 4.78 is 19.9. The van der Waals surface area contributed by atoms with E-state index in [1.807, 2.05) is 26.8 Å². The molecule has 0 fully saturated rings. The van der Waals surface area contributed by atoms with Crippen molar-refractivity contribution >= 4 is 0 Å². The van der Waals surface area contributed by atoms with Crippen molar-refractivity contribution in [3.63, 3.8) is 0 Å². The third-order valence-corrected chi connectivity index (χ3v) is 3.53. The molecule has 0 aliphatic carbocycles. The average Bonchev–Trinajstić information content (AvgIpc) is 2.42. The first-order chi connectivity index (χ1) is 9.52. The number of rotatable bonds is 4. The van der Waals surface area contributed by atoms with Crippen molar-refractivity contribution in [3.8, 4) is 5.75 Å². The SMILES string of the molecule is Cc1cc(C)c(C)c(OCc2cccc(CN)c2F)c1. The van der Waals surface area contributed by atoms with Gasteiger partial charge in [-0.3, -0.25) is 0 Å². The molecule has 3 heteroatoms. The van der Waals surface area contributed by atoms with Crippen molar-refractivity contribution in [1.29, 1.82) is 0 Å². The van der Waals surface area contributed by atoms with Crippen LogP contribution in [0.3, 0.4) is 0 Å². The highest BCUT2D eigenvalue weighted by atomic mass is 19.1. The molecule has 0 bridgehead atoms. The van der Waals surface area contributed by atoms with Gasteiger partial charge in [0.1, 0.15) is 18.2 Å². The average molecular weight is 273 g/mol. The Morgan fingerprint density at radius 1 is 1.10 bits per heavy atom. The molecule has 2 aromatic carbocycles. The highest BCUT2D eigenvalue weighted by Gasteiger charge is 2.09. The number of aryl methyl sites for hydroxylation is 2. The van der Waals surface area contributed by atoms with Crippen LogP contribution in [0.5, 0.6) is 5.75 Å². The van der Waals surface area contributed by atoms with Crippen molar-refractivity contribution in [2.75, 3.05) is 0 Å². The van der Waals surface area contributed by atoms with Crippen LogP contribution in [0, 0.1) is 26.6 Å².